The van der Waals surface area contributed by atoms with E-state index in [1.165, 1.54) is 17.1 Å². The number of nitrogens with zero attached hydrogens (tertiary/aromatic N) is 4. The molecule has 0 bridgehead atoms. The summed E-state index contributed by atoms with van der Waals surface area (Å²) in [5.41, 5.74) is 9.32. The smallest absolute Gasteiger partial charge is 0.327 e. The standard InChI is InChI=1S/C21H20F2N6O2/c1-12-6-14(7-13-2-5-18(30)27-19(12)13)17-4-3-16(9-25-17)28-11-26-29(21(28)31)10-15(8-24)20(22)23/h3-4,6-7,9,11H,2,5,8,10,24H2,1H3,(H,27,30). The summed E-state index contributed by atoms with van der Waals surface area (Å²) in [7, 11) is 0. The summed E-state index contributed by atoms with van der Waals surface area (Å²) >= 11 is 0. The molecule has 160 valence electrons. The third-order valence-electron chi connectivity index (χ3n) is 5.21. The van der Waals surface area contributed by atoms with Crippen LogP contribution in [0.15, 0.2) is 53.2 Å². The summed E-state index contributed by atoms with van der Waals surface area (Å²) in [5, 5.41) is 6.80. The molecule has 8 nitrogen and oxygen atoms in total. The average molecular weight is 426 g/mol. The number of pyridine rings is 1. The Kier molecular flexibility index (Phi) is 5.47. The zero-order chi connectivity index (χ0) is 22.1. The lowest BCUT2D eigenvalue weighted by Crippen LogP contribution is -2.26. The van der Waals surface area contributed by atoms with E-state index in [0.29, 0.717) is 24.2 Å². The maximum absolute atomic E-state index is 12.8. The van der Waals surface area contributed by atoms with Crippen molar-refractivity contribution < 1.29 is 13.6 Å². The van der Waals surface area contributed by atoms with E-state index in [-0.39, 0.29) is 24.6 Å². The van der Waals surface area contributed by atoms with Gasteiger partial charge in [-0.2, -0.15) is 13.9 Å². The minimum absolute atomic E-state index is 0.0140. The highest BCUT2D eigenvalue weighted by Gasteiger charge is 2.18. The number of hydrogen-bond donors (Lipinski definition) is 2. The van der Waals surface area contributed by atoms with Gasteiger partial charge in [-0.05, 0) is 48.7 Å². The fourth-order valence-corrected chi connectivity index (χ4v) is 3.54. The van der Waals surface area contributed by atoms with Gasteiger partial charge in [0.15, 0.2) is 0 Å². The molecule has 1 amide bonds. The number of fused-ring (bicyclic) bond motifs is 1. The van der Waals surface area contributed by atoms with E-state index in [1.54, 1.807) is 12.1 Å². The molecule has 3 heterocycles. The average Bonchev–Trinajstić information content (AvgIpc) is 3.12. The summed E-state index contributed by atoms with van der Waals surface area (Å²) in [6.45, 7) is 1.20. The second kappa shape index (κ2) is 8.23. The Morgan fingerprint density at radius 1 is 1.23 bits per heavy atom. The summed E-state index contributed by atoms with van der Waals surface area (Å²) in [5.74, 6) is 0.0140. The van der Waals surface area contributed by atoms with Crippen LogP contribution < -0.4 is 16.7 Å². The minimum atomic E-state index is -1.91. The van der Waals surface area contributed by atoms with E-state index in [1.807, 2.05) is 19.1 Å². The molecular formula is C21H20F2N6O2. The Balaban J connectivity index is 1.61. The third kappa shape index (κ3) is 4.02. The molecule has 10 heteroatoms. The van der Waals surface area contributed by atoms with Gasteiger partial charge in [0, 0.05) is 29.8 Å². The number of carbonyl (C=O) groups excluding carboxylic acids is 1. The predicted molar refractivity (Wildman–Crippen MR) is 111 cm³/mol. The second-order valence-corrected chi connectivity index (χ2v) is 7.29. The van der Waals surface area contributed by atoms with Crippen LogP contribution in [0.1, 0.15) is 17.5 Å². The Bertz CT molecular complexity index is 1240. The van der Waals surface area contributed by atoms with Gasteiger partial charge in [0.05, 0.1) is 24.1 Å². The van der Waals surface area contributed by atoms with Gasteiger partial charge < -0.3 is 11.1 Å². The first-order valence-corrected chi connectivity index (χ1v) is 9.65. The van der Waals surface area contributed by atoms with Crippen molar-refractivity contribution in [2.24, 2.45) is 5.73 Å². The number of halogens is 2. The lowest BCUT2D eigenvalue weighted by atomic mass is 9.95. The van der Waals surface area contributed by atoms with Gasteiger partial charge >= 0.3 is 5.69 Å². The molecule has 3 N–H and O–H groups in total. The van der Waals surface area contributed by atoms with Crippen molar-refractivity contribution in [2.45, 2.75) is 26.3 Å². The Labute approximate surface area is 176 Å². The number of aromatic nitrogens is 4. The molecule has 0 radical (unpaired) electrons. The van der Waals surface area contributed by atoms with Crippen LogP contribution in [-0.2, 0) is 17.8 Å². The number of benzene rings is 1. The molecule has 1 aliphatic rings. The number of nitrogens with two attached hydrogens (primary N) is 1. The van der Waals surface area contributed by atoms with Crippen LogP contribution in [0.2, 0.25) is 0 Å². The van der Waals surface area contributed by atoms with Gasteiger partial charge in [-0.25, -0.2) is 14.0 Å². The Hall–Kier alpha value is -3.66. The van der Waals surface area contributed by atoms with E-state index in [4.69, 9.17) is 5.73 Å². The first-order valence-electron chi connectivity index (χ1n) is 9.65. The number of rotatable bonds is 5. The number of carbonyl (C=O) groups is 1. The van der Waals surface area contributed by atoms with Crippen molar-refractivity contribution in [3.8, 4) is 16.9 Å². The maximum atomic E-state index is 12.8. The molecule has 2 aromatic heterocycles. The highest BCUT2D eigenvalue weighted by atomic mass is 19.3. The lowest BCUT2D eigenvalue weighted by molar-refractivity contribution is -0.116. The molecule has 0 saturated heterocycles. The van der Waals surface area contributed by atoms with Crippen LogP contribution in [0.25, 0.3) is 16.9 Å². The van der Waals surface area contributed by atoms with Crippen molar-refractivity contribution in [3.63, 3.8) is 0 Å². The van der Waals surface area contributed by atoms with Gasteiger partial charge in [0.25, 0.3) is 6.08 Å². The van der Waals surface area contributed by atoms with E-state index in [9.17, 15) is 18.4 Å². The first kappa shape index (κ1) is 20.6. The van der Waals surface area contributed by atoms with Crippen molar-refractivity contribution in [1.29, 1.82) is 0 Å². The molecule has 1 aromatic carbocycles. The fraction of sp³-hybridized carbons (Fsp3) is 0.238. The second-order valence-electron chi connectivity index (χ2n) is 7.29. The summed E-state index contributed by atoms with van der Waals surface area (Å²) in [6.07, 6.45) is 1.99. The molecule has 0 saturated carbocycles. The van der Waals surface area contributed by atoms with E-state index < -0.39 is 11.8 Å². The highest BCUT2D eigenvalue weighted by Crippen LogP contribution is 2.31. The van der Waals surface area contributed by atoms with E-state index in [2.05, 4.69) is 15.4 Å². The molecule has 0 spiro atoms. The first-order chi connectivity index (χ1) is 14.9. The summed E-state index contributed by atoms with van der Waals surface area (Å²) in [6, 6.07) is 7.43. The molecular weight excluding hydrogens is 406 g/mol. The number of amides is 1. The van der Waals surface area contributed by atoms with Gasteiger partial charge in [0.2, 0.25) is 5.91 Å². The molecule has 0 aliphatic carbocycles. The molecule has 4 rings (SSSR count). The van der Waals surface area contributed by atoms with Crippen molar-refractivity contribution in [2.75, 3.05) is 11.9 Å². The van der Waals surface area contributed by atoms with Crippen LogP contribution >= 0.6 is 0 Å². The van der Waals surface area contributed by atoms with E-state index in [0.717, 1.165) is 27.1 Å². The fourth-order valence-electron chi connectivity index (χ4n) is 3.54. The summed E-state index contributed by atoms with van der Waals surface area (Å²) < 4.78 is 27.8. The number of aryl methyl sites for hydroxylation is 2. The van der Waals surface area contributed by atoms with Gasteiger partial charge in [-0.15, -0.1) is 0 Å². The van der Waals surface area contributed by atoms with Gasteiger partial charge in [-0.1, -0.05) is 0 Å². The van der Waals surface area contributed by atoms with Crippen LogP contribution in [0.5, 0.6) is 0 Å². The Morgan fingerprint density at radius 2 is 2.03 bits per heavy atom. The van der Waals surface area contributed by atoms with Crippen LogP contribution in [-0.4, -0.2) is 31.8 Å². The zero-order valence-corrected chi connectivity index (χ0v) is 16.7. The predicted octanol–water partition coefficient (Wildman–Crippen LogP) is 2.40. The monoisotopic (exact) mass is 426 g/mol. The minimum Gasteiger partial charge on any atom is -0.327 e. The molecule has 31 heavy (non-hydrogen) atoms. The van der Waals surface area contributed by atoms with Crippen molar-refractivity contribution in [3.05, 3.63) is 70.1 Å². The van der Waals surface area contributed by atoms with Crippen LogP contribution in [0.3, 0.4) is 0 Å². The molecule has 1 aliphatic heterocycles. The highest BCUT2D eigenvalue weighted by molar-refractivity contribution is 5.95. The SMILES string of the molecule is Cc1cc(-c2ccc(-n3cnn(CC(CN)=C(F)F)c3=O)cn2)cc2c1NC(=O)CC2. The van der Waals surface area contributed by atoms with Crippen molar-refractivity contribution in [1.82, 2.24) is 19.3 Å². The zero-order valence-electron chi connectivity index (χ0n) is 16.7. The molecule has 0 unspecified atom stereocenters. The number of nitrogens with one attached hydrogen (secondary N) is 1. The van der Waals surface area contributed by atoms with Gasteiger partial charge in [-0.3, -0.25) is 9.78 Å². The molecule has 0 fully saturated rings. The number of anilines is 1. The van der Waals surface area contributed by atoms with E-state index >= 15 is 0 Å². The van der Waals surface area contributed by atoms with Crippen molar-refractivity contribution >= 4 is 11.6 Å². The lowest BCUT2D eigenvalue weighted by Gasteiger charge is -2.20. The summed E-state index contributed by atoms with van der Waals surface area (Å²) in [4.78, 5) is 28.6. The Morgan fingerprint density at radius 3 is 2.71 bits per heavy atom. The maximum Gasteiger partial charge on any atom is 0.350 e. The quantitative estimate of drug-likeness (QED) is 0.651. The number of hydrogen-bond acceptors (Lipinski definition) is 5. The molecule has 0 atom stereocenters. The molecule has 3 aromatic rings. The van der Waals surface area contributed by atoms with Crippen LogP contribution in [0.4, 0.5) is 14.5 Å². The normalized spacial score (nSPS) is 13.0. The van der Waals surface area contributed by atoms with Gasteiger partial charge in [0.1, 0.15) is 6.33 Å². The third-order valence-corrected chi connectivity index (χ3v) is 5.21. The topological polar surface area (TPSA) is 108 Å². The largest absolute Gasteiger partial charge is 0.350 e. The van der Waals surface area contributed by atoms with Crippen LogP contribution in [0, 0.1) is 6.92 Å².